The zero-order valence-corrected chi connectivity index (χ0v) is 7.08. The summed E-state index contributed by atoms with van der Waals surface area (Å²) in [6.07, 6.45) is 2.92. The van der Waals surface area contributed by atoms with Crippen molar-refractivity contribution in [2.75, 3.05) is 0 Å². The molecule has 5 heteroatoms. The second-order valence-electron chi connectivity index (χ2n) is 2.64. The van der Waals surface area contributed by atoms with Crippen molar-refractivity contribution in [3.8, 4) is 11.5 Å². The van der Waals surface area contributed by atoms with Crippen molar-refractivity contribution in [1.82, 2.24) is 4.98 Å². The SMILES string of the molecule is O=[N+]([O-])c1cccc(-c2ncco2)c1. The standard InChI is InChI=1S/C9H6N2O3/c12-11(13)8-3-1-2-7(6-8)9-10-4-5-14-9/h1-6H. The lowest BCUT2D eigenvalue weighted by Gasteiger charge is -1.94. The maximum Gasteiger partial charge on any atom is 0.270 e. The molecule has 0 aliphatic rings. The number of nitrogens with zero attached hydrogens (tertiary/aromatic N) is 2. The number of hydrogen-bond donors (Lipinski definition) is 0. The van der Waals surface area contributed by atoms with Gasteiger partial charge in [0.1, 0.15) is 6.26 Å². The number of aromatic nitrogens is 1. The fourth-order valence-corrected chi connectivity index (χ4v) is 1.12. The van der Waals surface area contributed by atoms with E-state index in [-0.39, 0.29) is 5.69 Å². The third-order valence-corrected chi connectivity index (χ3v) is 1.74. The number of hydrogen-bond acceptors (Lipinski definition) is 4. The molecule has 0 unspecified atom stereocenters. The third kappa shape index (κ3) is 1.47. The maximum atomic E-state index is 10.5. The Labute approximate surface area is 79.2 Å². The molecule has 2 aromatic rings. The molecule has 0 saturated carbocycles. The average Bonchev–Trinajstić information content (AvgIpc) is 2.71. The Balaban J connectivity index is 2.46. The normalized spacial score (nSPS) is 10.0. The summed E-state index contributed by atoms with van der Waals surface area (Å²) < 4.78 is 5.02. The lowest BCUT2D eigenvalue weighted by molar-refractivity contribution is -0.384. The number of nitro benzene ring substituents is 1. The number of nitro groups is 1. The van der Waals surface area contributed by atoms with E-state index in [0.717, 1.165) is 0 Å². The number of non-ortho nitro benzene ring substituents is 1. The van der Waals surface area contributed by atoms with E-state index < -0.39 is 4.92 Å². The molecule has 0 spiro atoms. The summed E-state index contributed by atoms with van der Waals surface area (Å²) in [4.78, 5) is 13.9. The molecule has 0 aliphatic heterocycles. The van der Waals surface area contributed by atoms with E-state index in [0.29, 0.717) is 11.5 Å². The first-order valence-electron chi connectivity index (χ1n) is 3.92. The molecule has 0 N–H and O–H groups in total. The Morgan fingerprint density at radius 2 is 2.29 bits per heavy atom. The van der Waals surface area contributed by atoms with Gasteiger partial charge in [0, 0.05) is 17.7 Å². The summed E-state index contributed by atoms with van der Waals surface area (Å²) >= 11 is 0. The largest absolute Gasteiger partial charge is 0.445 e. The van der Waals surface area contributed by atoms with Gasteiger partial charge in [-0.15, -0.1) is 0 Å². The van der Waals surface area contributed by atoms with Gasteiger partial charge in [-0.25, -0.2) is 4.98 Å². The van der Waals surface area contributed by atoms with Gasteiger partial charge in [0.05, 0.1) is 11.1 Å². The van der Waals surface area contributed by atoms with Gasteiger partial charge in [0.25, 0.3) is 5.69 Å². The molecular formula is C9H6N2O3. The monoisotopic (exact) mass is 190 g/mol. The van der Waals surface area contributed by atoms with E-state index >= 15 is 0 Å². The Bertz CT molecular complexity index is 451. The Hall–Kier alpha value is -2.17. The molecule has 0 saturated heterocycles. The minimum atomic E-state index is -0.452. The van der Waals surface area contributed by atoms with Crippen LogP contribution in [0.2, 0.25) is 0 Å². The highest BCUT2D eigenvalue weighted by Gasteiger charge is 2.08. The van der Waals surface area contributed by atoms with Crippen LogP contribution in [0.1, 0.15) is 0 Å². The molecule has 0 atom stereocenters. The van der Waals surface area contributed by atoms with Gasteiger partial charge in [-0.1, -0.05) is 6.07 Å². The molecule has 0 fully saturated rings. The molecular weight excluding hydrogens is 184 g/mol. The smallest absolute Gasteiger partial charge is 0.270 e. The predicted molar refractivity (Wildman–Crippen MR) is 48.6 cm³/mol. The van der Waals surface area contributed by atoms with E-state index in [2.05, 4.69) is 4.98 Å². The lowest BCUT2D eigenvalue weighted by atomic mass is 10.2. The quantitative estimate of drug-likeness (QED) is 0.537. The van der Waals surface area contributed by atoms with Crippen molar-refractivity contribution >= 4 is 5.69 Å². The molecule has 70 valence electrons. The number of rotatable bonds is 2. The molecule has 0 aliphatic carbocycles. The van der Waals surface area contributed by atoms with Crippen LogP contribution in [0.25, 0.3) is 11.5 Å². The van der Waals surface area contributed by atoms with Gasteiger partial charge in [-0.05, 0) is 6.07 Å². The van der Waals surface area contributed by atoms with E-state index in [1.54, 1.807) is 12.1 Å². The Morgan fingerprint density at radius 1 is 1.43 bits per heavy atom. The molecule has 1 aromatic carbocycles. The topological polar surface area (TPSA) is 69.2 Å². The molecule has 5 nitrogen and oxygen atoms in total. The van der Waals surface area contributed by atoms with Crippen LogP contribution in [0, 0.1) is 10.1 Å². The Morgan fingerprint density at radius 3 is 2.93 bits per heavy atom. The van der Waals surface area contributed by atoms with Crippen LogP contribution in [0.3, 0.4) is 0 Å². The molecule has 0 radical (unpaired) electrons. The predicted octanol–water partition coefficient (Wildman–Crippen LogP) is 2.25. The second-order valence-corrected chi connectivity index (χ2v) is 2.64. The van der Waals surface area contributed by atoms with E-state index in [1.165, 1.54) is 24.6 Å². The van der Waals surface area contributed by atoms with Crippen LogP contribution < -0.4 is 0 Å². The van der Waals surface area contributed by atoms with Crippen LogP contribution >= 0.6 is 0 Å². The highest BCUT2D eigenvalue weighted by Crippen LogP contribution is 2.21. The summed E-state index contributed by atoms with van der Waals surface area (Å²) in [5.74, 6) is 0.383. The highest BCUT2D eigenvalue weighted by molar-refractivity contribution is 5.57. The second kappa shape index (κ2) is 3.29. The van der Waals surface area contributed by atoms with E-state index in [9.17, 15) is 10.1 Å². The van der Waals surface area contributed by atoms with Gasteiger partial charge in [0.2, 0.25) is 5.89 Å². The van der Waals surface area contributed by atoms with Crippen molar-refractivity contribution in [1.29, 1.82) is 0 Å². The van der Waals surface area contributed by atoms with Gasteiger partial charge in [-0.3, -0.25) is 10.1 Å². The van der Waals surface area contributed by atoms with Gasteiger partial charge < -0.3 is 4.42 Å². The minimum Gasteiger partial charge on any atom is -0.445 e. The summed E-state index contributed by atoms with van der Waals surface area (Å²) in [5.41, 5.74) is 0.630. The molecule has 0 amide bonds. The zero-order valence-electron chi connectivity index (χ0n) is 7.08. The fourth-order valence-electron chi connectivity index (χ4n) is 1.12. The van der Waals surface area contributed by atoms with E-state index in [1.807, 2.05) is 0 Å². The van der Waals surface area contributed by atoms with E-state index in [4.69, 9.17) is 4.42 Å². The molecule has 0 bridgehead atoms. The van der Waals surface area contributed by atoms with Gasteiger partial charge >= 0.3 is 0 Å². The number of oxazole rings is 1. The Kier molecular flexibility index (Phi) is 1.98. The highest BCUT2D eigenvalue weighted by atomic mass is 16.6. The van der Waals surface area contributed by atoms with Crippen molar-refractivity contribution in [3.05, 3.63) is 46.8 Å². The first-order valence-corrected chi connectivity index (χ1v) is 3.92. The summed E-state index contributed by atoms with van der Waals surface area (Å²) in [6, 6.07) is 6.15. The minimum absolute atomic E-state index is 0.0284. The van der Waals surface area contributed by atoms with Gasteiger partial charge in [-0.2, -0.15) is 0 Å². The van der Waals surface area contributed by atoms with Crippen LogP contribution in [0.4, 0.5) is 5.69 Å². The van der Waals surface area contributed by atoms with Crippen molar-refractivity contribution < 1.29 is 9.34 Å². The molecule has 14 heavy (non-hydrogen) atoms. The summed E-state index contributed by atoms with van der Waals surface area (Å²) in [7, 11) is 0. The zero-order chi connectivity index (χ0) is 9.97. The van der Waals surface area contributed by atoms with Crippen molar-refractivity contribution in [2.45, 2.75) is 0 Å². The van der Waals surface area contributed by atoms with Gasteiger partial charge in [0.15, 0.2) is 0 Å². The first kappa shape index (κ1) is 8.43. The fraction of sp³-hybridized carbons (Fsp3) is 0. The van der Waals surface area contributed by atoms with Crippen LogP contribution in [0.5, 0.6) is 0 Å². The summed E-state index contributed by atoms with van der Waals surface area (Å²) in [5, 5.41) is 10.5. The van der Waals surface area contributed by atoms with Crippen LogP contribution in [0.15, 0.2) is 41.1 Å². The van der Waals surface area contributed by atoms with Crippen molar-refractivity contribution in [2.24, 2.45) is 0 Å². The molecule has 2 rings (SSSR count). The van der Waals surface area contributed by atoms with Crippen molar-refractivity contribution in [3.63, 3.8) is 0 Å². The molecule has 1 heterocycles. The molecule has 1 aromatic heterocycles. The third-order valence-electron chi connectivity index (χ3n) is 1.74. The first-order chi connectivity index (χ1) is 6.77. The number of benzene rings is 1. The summed E-state index contributed by atoms with van der Waals surface area (Å²) in [6.45, 7) is 0. The average molecular weight is 190 g/mol. The van der Waals surface area contributed by atoms with Crippen LogP contribution in [-0.2, 0) is 0 Å². The maximum absolute atomic E-state index is 10.5. The van der Waals surface area contributed by atoms with Crippen LogP contribution in [-0.4, -0.2) is 9.91 Å². The lowest BCUT2D eigenvalue weighted by Crippen LogP contribution is -1.87.